The lowest BCUT2D eigenvalue weighted by Crippen LogP contribution is -2.29. The van der Waals surface area contributed by atoms with Crippen LogP contribution in [0.1, 0.15) is 15.9 Å². The van der Waals surface area contributed by atoms with E-state index in [0.717, 1.165) is 9.87 Å². The van der Waals surface area contributed by atoms with Gasteiger partial charge in [0.05, 0.1) is 16.1 Å². The van der Waals surface area contributed by atoms with E-state index < -0.39 is 21.7 Å². The van der Waals surface area contributed by atoms with Crippen molar-refractivity contribution in [2.75, 3.05) is 16.7 Å². The van der Waals surface area contributed by atoms with Gasteiger partial charge in [-0.1, -0.05) is 35.9 Å². The van der Waals surface area contributed by atoms with Gasteiger partial charge < -0.3 is 5.32 Å². The van der Waals surface area contributed by atoms with Crippen LogP contribution in [-0.4, -0.2) is 21.4 Å². The summed E-state index contributed by atoms with van der Waals surface area (Å²) >= 11 is 0. The highest BCUT2D eigenvalue weighted by atomic mass is 32.2. The van der Waals surface area contributed by atoms with E-state index in [1.807, 2.05) is 6.92 Å². The SMILES string of the molecule is Cc1ccc(S(=O)(=O)N(C)c2ccccc2C(=O)Nc2cccc(F)c2)cc1. The Morgan fingerprint density at radius 3 is 2.32 bits per heavy atom. The van der Waals surface area contributed by atoms with Crippen LogP contribution in [0, 0.1) is 12.7 Å². The van der Waals surface area contributed by atoms with E-state index >= 15 is 0 Å². The number of rotatable bonds is 5. The van der Waals surface area contributed by atoms with Gasteiger partial charge in [0.2, 0.25) is 0 Å². The number of para-hydroxylation sites is 1. The number of hydrogen-bond acceptors (Lipinski definition) is 3. The zero-order chi connectivity index (χ0) is 20.3. The number of aryl methyl sites for hydroxylation is 1. The molecular formula is C21H19FN2O3S. The van der Waals surface area contributed by atoms with Gasteiger partial charge in [-0.2, -0.15) is 0 Å². The third kappa shape index (κ3) is 4.04. The van der Waals surface area contributed by atoms with Crippen LogP contribution in [0.3, 0.4) is 0 Å². The van der Waals surface area contributed by atoms with Gasteiger partial charge in [-0.25, -0.2) is 12.8 Å². The molecule has 0 saturated carbocycles. The Kier molecular flexibility index (Phi) is 5.46. The first-order chi connectivity index (χ1) is 13.3. The van der Waals surface area contributed by atoms with Crippen LogP contribution < -0.4 is 9.62 Å². The van der Waals surface area contributed by atoms with E-state index in [1.54, 1.807) is 36.4 Å². The number of benzene rings is 3. The van der Waals surface area contributed by atoms with Crippen molar-refractivity contribution in [3.05, 3.63) is 89.7 Å². The molecule has 5 nitrogen and oxygen atoms in total. The molecule has 1 amide bonds. The highest BCUT2D eigenvalue weighted by Gasteiger charge is 2.25. The number of carbonyl (C=O) groups excluding carboxylic acids is 1. The summed E-state index contributed by atoms with van der Waals surface area (Å²) < 4.78 is 40.4. The second-order valence-electron chi connectivity index (χ2n) is 6.27. The van der Waals surface area contributed by atoms with Gasteiger partial charge >= 0.3 is 0 Å². The van der Waals surface area contributed by atoms with Crippen molar-refractivity contribution in [3.8, 4) is 0 Å². The van der Waals surface area contributed by atoms with Gasteiger partial charge in [-0.05, 0) is 49.4 Å². The molecule has 144 valence electrons. The minimum absolute atomic E-state index is 0.126. The highest BCUT2D eigenvalue weighted by molar-refractivity contribution is 7.92. The monoisotopic (exact) mass is 398 g/mol. The van der Waals surface area contributed by atoms with E-state index in [0.29, 0.717) is 0 Å². The maximum Gasteiger partial charge on any atom is 0.264 e. The van der Waals surface area contributed by atoms with Gasteiger partial charge in [-0.3, -0.25) is 9.10 Å². The van der Waals surface area contributed by atoms with Crippen LogP contribution >= 0.6 is 0 Å². The number of nitrogens with one attached hydrogen (secondary N) is 1. The van der Waals surface area contributed by atoms with Gasteiger partial charge in [0.15, 0.2) is 0 Å². The lowest BCUT2D eigenvalue weighted by Gasteiger charge is -2.22. The van der Waals surface area contributed by atoms with Gasteiger partial charge in [-0.15, -0.1) is 0 Å². The van der Waals surface area contributed by atoms with E-state index in [9.17, 15) is 17.6 Å². The molecule has 0 bridgehead atoms. The molecule has 3 aromatic carbocycles. The number of sulfonamides is 1. The predicted octanol–water partition coefficient (Wildman–Crippen LogP) is 4.21. The largest absolute Gasteiger partial charge is 0.322 e. The minimum Gasteiger partial charge on any atom is -0.322 e. The maximum absolute atomic E-state index is 13.4. The maximum atomic E-state index is 13.4. The first-order valence-corrected chi connectivity index (χ1v) is 9.94. The molecule has 0 aromatic heterocycles. The Morgan fingerprint density at radius 1 is 0.964 bits per heavy atom. The average molecular weight is 398 g/mol. The van der Waals surface area contributed by atoms with E-state index in [4.69, 9.17) is 0 Å². The van der Waals surface area contributed by atoms with Crippen LogP contribution in [0.15, 0.2) is 77.7 Å². The van der Waals surface area contributed by atoms with Crippen molar-refractivity contribution in [1.29, 1.82) is 0 Å². The van der Waals surface area contributed by atoms with Crippen LogP contribution in [0.25, 0.3) is 0 Å². The number of nitrogens with zero attached hydrogens (tertiary/aromatic N) is 1. The molecule has 0 saturated heterocycles. The predicted molar refractivity (Wildman–Crippen MR) is 108 cm³/mol. The molecule has 7 heteroatoms. The fourth-order valence-corrected chi connectivity index (χ4v) is 3.92. The Hall–Kier alpha value is -3.19. The fourth-order valence-electron chi connectivity index (χ4n) is 2.70. The number of carbonyl (C=O) groups is 1. The third-order valence-corrected chi connectivity index (χ3v) is 6.04. The van der Waals surface area contributed by atoms with Crippen molar-refractivity contribution in [1.82, 2.24) is 0 Å². The number of halogens is 1. The molecule has 0 unspecified atom stereocenters. The Labute approximate surface area is 163 Å². The molecule has 0 aliphatic rings. The van der Waals surface area contributed by atoms with Crippen molar-refractivity contribution >= 4 is 27.3 Å². The molecule has 0 aliphatic carbocycles. The van der Waals surface area contributed by atoms with Crippen molar-refractivity contribution in [2.24, 2.45) is 0 Å². The molecule has 3 rings (SSSR count). The summed E-state index contributed by atoms with van der Waals surface area (Å²) in [5.41, 5.74) is 1.60. The zero-order valence-corrected chi connectivity index (χ0v) is 16.2. The van der Waals surface area contributed by atoms with Crippen LogP contribution in [0.2, 0.25) is 0 Å². The fraction of sp³-hybridized carbons (Fsp3) is 0.0952. The first-order valence-electron chi connectivity index (χ1n) is 8.50. The summed E-state index contributed by atoms with van der Waals surface area (Å²) in [6.07, 6.45) is 0. The highest BCUT2D eigenvalue weighted by Crippen LogP contribution is 2.26. The molecule has 0 heterocycles. The standard InChI is InChI=1S/C21H19FN2O3S/c1-15-10-12-18(13-11-15)28(26,27)24(2)20-9-4-3-8-19(20)21(25)23-17-7-5-6-16(22)14-17/h3-14H,1-2H3,(H,23,25). The summed E-state index contributed by atoms with van der Waals surface area (Å²) in [5, 5.41) is 2.59. The van der Waals surface area contributed by atoms with Crippen LogP contribution in [0.4, 0.5) is 15.8 Å². The number of hydrogen-bond donors (Lipinski definition) is 1. The smallest absolute Gasteiger partial charge is 0.264 e. The van der Waals surface area contributed by atoms with E-state index in [2.05, 4.69) is 5.32 Å². The van der Waals surface area contributed by atoms with Crippen LogP contribution in [0.5, 0.6) is 0 Å². The Morgan fingerprint density at radius 2 is 1.64 bits per heavy atom. The summed E-state index contributed by atoms with van der Waals surface area (Å²) in [4.78, 5) is 12.8. The average Bonchev–Trinajstić information content (AvgIpc) is 2.67. The quantitative estimate of drug-likeness (QED) is 0.700. The second-order valence-corrected chi connectivity index (χ2v) is 8.24. The molecule has 0 radical (unpaired) electrons. The summed E-state index contributed by atoms with van der Waals surface area (Å²) in [6.45, 7) is 1.87. The van der Waals surface area contributed by atoms with Crippen molar-refractivity contribution in [2.45, 2.75) is 11.8 Å². The van der Waals surface area contributed by atoms with Crippen LogP contribution in [-0.2, 0) is 10.0 Å². The molecular weight excluding hydrogens is 379 g/mol. The molecule has 28 heavy (non-hydrogen) atoms. The Balaban J connectivity index is 1.95. The summed E-state index contributed by atoms with van der Waals surface area (Å²) in [6, 6.07) is 18.3. The third-order valence-electron chi connectivity index (χ3n) is 4.25. The molecule has 1 N–H and O–H groups in total. The lowest BCUT2D eigenvalue weighted by atomic mass is 10.1. The van der Waals surface area contributed by atoms with Gasteiger partial charge in [0.1, 0.15) is 5.82 Å². The summed E-state index contributed by atoms with van der Waals surface area (Å²) in [7, 11) is -2.46. The molecule has 0 spiro atoms. The molecule has 0 aliphatic heterocycles. The minimum atomic E-state index is -3.85. The second kappa shape index (κ2) is 7.82. The normalized spacial score (nSPS) is 11.1. The zero-order valence-electron chi connectivity index (χ0n) is 15.4. The molecule has 0 atom stereocenters. The van der Waals surface area contributed by atoms with Crippen molar-refractivity contribution in [3.63, 3.8) is 0 Å². The summed E-state index contributed by atoms with van der Waals surface area (Å²) in [5.74, 6) is -1.02. The lowest BCUT2D eigenvalue weighted by molar-refractivity contribution is 0.102. The van der Waals surface area contributed by atoms with Gasteiger partial charge in [0, 0.05) is 12.7 Å². The van der Waals surface area contributed by atoms with E-state index in [1.165, 1.54) is 43.4 Å². The Bertz CT molecular complexity index is 1110. The van der Waals surface area contributed by atoms with E-state index in [-0.39, 0.29) is 21.8 Å². The molecule has 3 aromatic rings. The first kappa shape index (κ1) is 19.6. The topological polar surface area (TPSA) is 66.5 Å². The number of amides is 1. The van der Waals surface area contributed by atoms with Gasteiger partial charge in [0.25, 0.3) is 15.9 Å². The number of anilines is 2. The van der Waals surface area contributed by atoms with Crippen molar-refractivity contribution < 1.29 is 17.6 Å². The molecule has 0 fully saturated rings.